The van der Waals surface area contributed by atoms with Crippen molar-refractivity contribution in [3.05, 3.63) is 57.1 Å². The summed E-state index contributed by atoms with van der Waals surface area (Å²) in [5.41, 5.74) is 0.827. The van der Waals surface area contributed by atoms with Crippen LogP contribution in [0.4, 0.5) is 13.2 Å². The van der Waals surface area contributed by atoms with Gasteiger partial charge in [0.15, 0.2) is 5.69 Å². The lowest BCUT2D eigenvalue weighted by Crippen LogP contribution is -2.36. The monoisotopic (exact) mass is 446 g/mol. The molecular weight excluding hydrogens is 421 g/mol. The molecule has 1 saturated carbocycles. The van der Waals surface area contributed by atoms with Crippen molar-refractivity contribution in [1.82, 2.24) is 19.9 Å². The number of carbonyl (C=O) groups excluding carboxylic acids is 1. The Labute approximate surface area is 182 Å². The van der Waals surface area contributed by atoms with E-state index in [1.165, 1.54) is 23.6 Å². The van der Waals surface area contributed by atoms with Crippen LogP contribution in [0.3, 0.4) is 0 Å². The highest BCUT2D eigenvalue weighted by molar-refractivity contribution is 5.96. The van der Waals surface area contributed by atoms with Crippen molar-refractivity contribution in [1.29, 1.82) is 0 Å². The summed E-state index contributed by atoms with van der Waals surface area (Å²) in [4.78, 5) is 28.7. The molecule has 170 valence electrons. The Kier molecular flexibility index (Phi) is 5.38. The number of fused-ring (bicyclic) bond motifs is 1. The molecule has 9 heteroatoms. The molecule has 32 heavy (non-hydrogen) atoms. The summed E-state index contributed by atoms with van der Waals surface area (Å²) in [6, 6.07) is 3.63. The first kappa shape index (κ1) is 22.1. The van der Waals surface area contributed by atoms with E-state index in [0.29, 0.717) is 22.3 Å². The lowest BCUT2D eigenvalue weighted by Gasteiger charge is -2.16. The highest BCUT2D eigenvalue weighted by Crippen LogP contribution is 2.43. The van der Waals surface area contributed by atoms with E-state index in [1.54, 1.807) is 6.20 Å². The summed E-state index contributed by atoms with van der Waals surface area (Å²) in [6.07, 6.45) is -1.15. The Hall–Kier alpha value is -3.10. The third kappa shape index (κ3) is 4.03. The minimum Gasteiger partial charge on any atom is -0.348 e. The molecule has 0 unspecified atom stereocenters. The van der Waals surface area contributed by atoms with Crippen LogP contribution in [-0.2, 0) is 6.18 Å². The number of halogens is 3. The van der Waals surface area contributed by atoms with Gasteiger partial charge in [-0.05, 0) is 61.8 Å². The number of rotatable bonds is 5. The van der Waals surface area contributed by atoms with E-state index in [0.717, 1.165) is 18.9 Å². The zero-order valence-electron chi connectivity index (χ0n) is 18.3. The number of aryl methyl sites for hydroxylation is 1. The van der Waals surface area contributed by atoms with Crippen LogP contribution in [-0.4, -0.2) is 26.5 Å². The number of aromatic amines is 1. The van der Waals surface area contributed by atoms with Crippen molar-refractivity contribution in [3.63, 3.8) is 0 Å². The molecule has 2 heterocycles. The van der Waals surface area contributed by atoms with Crippen molar-refractivity contribution < 1.29 is 18.0 Å². The normalized spacial score (nSPS) is 15.4. The molecule has 0 saturated heterocycles. The molecule has 4 rings (SSSR count). The van der Waals surface area contributed by atoms with Crippen LogP contribution in [0.15, 0.2) is 29.2 Å². The summed E-state index contributed by atoms with van der Waals surface area (Å²) in [5, 5.41) is 7.36. The van der Waals surface area contributed by atoms with Gasteiger partial charge in [-0.1, -0.05) is 19.9 Å². The number of hydrogen-bond acceptors (Lipinski definition) is 3. The molecule has 1 atom stereocenters. The molecule has 2 aromatic heterocycles. The average Bonchev–Trinajstić information content (AvgIpc) is 3.46. The molecule has 3 aromatic rings. The fourth-order valence-electron chi connectivity index (χ4n) is 3.77. The Bertz CT molecular complexity index is 1250. The second kappa shape index (κ2) is 7.79. The highest BCUT2D eigenvalue weighted by atomic mass is 19.4. The van der Waals surface area contributed by atoms with Crippen molar-refractivity contribution in [2.45, 2.75) is 58.7 Å². The van der Waals surface area contributed by atoms with Crippen LogP contribution < -0.4 is 10.9 Å². The molecule has 1 amide bonds. The van der Waals surface area contributed by atoms with Gasteiger partial charge in [-0.15, -0.1) is 0 Å². The quantitative estimate of drug-likeness (QED) is 0.598. The van der Waals surface area contributed by atoms with E-state index in [-0.39, 0.29) is 35.0 Å². The van der Waals surface area contributed by atoms with Gasteiger partial charge in [0.2, 0.25) is 0 Å². The molecule has 0 spiro atoms. The third-order valence-corrected chi connectivity index (χ3v) is 6.06. The lowest BCUT2D eigenvalue weighted by molar-refractivity contribution is -0.138. The predicted octanol–water partition coefficient (Wildman–Crippen LogP) is 4.67. The first-order valence-electron chi connectivity index (χ1n) is 10.6. The standard InChI is InChI=1S/C23H25F3N4O2/c1-11(2)13(4)27-21(31)19-18(14-5-6-14)20-22(32)28-17(10-30(20)29-19)15-7-8-16(12(3)9-15)23(24,25)26/h7-11,13-14H,5-6H2,1-4H3,(H,27,31)(H,28,32)/t13-/m1/s1. The van der Waals surface area contributed by atoms with E-state index in [1.807, 2.05) is 20.8 Å². The number of amides is 1. The number of hydrogen-bond donors (Lipinski definition) is 2. The maximum Gasteiger partial charge on any atom is 0.416 e. The zero-order chi connectivity index (χ0) is 23.4. The predicted molar refractivity (Wildman–Crippen MR) is 115 cm³/mol. The smallest absolute Gasteiger partial charge is 0.348 e. The van der Waals surface area contributed by atoms with Crippen molar-refractivity contribution >= 4 is 11.4 Å². The van der Waals surface area contributed by atoms with Crippen LogP contribution in [0.1, 0.15) is 66.7 Å². The van der Waals surface area contributed by atoms with Crippen LogP contribution in [0, 0.1) is 12.8 Å². The van der Waals surface area contributed by atoms with Gasteiger partial charge in [-0.25, -0.2) is 4.52 Å². The highest BCUT2D eigenvalue weighted by Gasteiger charge is 2.35. The van der Waals surface area contributed by atoms with Gasteiger partial charge in [0, 0.05) is 11.6 Å². The Morgan fingerprint density at radius 3 is 2.50 bits per heavy atom. The maximum atomic E-state index is 13.1. The van der Waals surface area contributed by atoms with Gasteiger partial charge < -0.3 is 10.3 Å². The largest absolute Gasteiger partial charge is 0.416 e. The topological polar surface area (TPSA) is 79.3 Å². The van der Waals surface area contributed by atoms with Gasteiger partial charge in [-0.2, -0.15) is 18.3 Å². The van der Waals surface area contributed by atoms with Gasteiger partial charge in [0.05, 0.1) is 17.5 Å². The van der Waals surface area contributed by atoms with E-state index >= 15 is 0 Å². The maximum absolute atomic E-state index is 13.1. The fraction of sp³-hybridized carbons (Fsp3) is 0.435. The Morgan fingerprint density at radius 1 is 1.25 bits per heavy atom. The number of nitrogens with zero attached hydrogens (tertiary/aromatic N) is 2. The van der Waals surface area contributed by atoms with Crippen molar-refractivity contribution in [3.8, 4) is 11.3 Å². The summed E-state index contributed by atoms with van der Waals surface area (Å²) in [6.45, 7) is 7.28. The molecule has 1 fully saturated rings. The number of benzene rings is 1. The zero-order valence-corrected chi connectivity index (χ0v) is 18.3. The van der Waals surface area contributed by atoms with Gasteiger partial charge in [-0.3, -0.25) is 9.59 Å². The first-order valence-corrected chi connectivity index (χ1v) is 10.6. The summed E-state index contributed by atoms with van der Waals surface area (Å²) >= 11 is 0. The molecule has 1 aliphatic carbocycles. The van der Waals surface area contributed by atoms with E-state index in [2.05, 4.69) is 15.4 Å². The first-order chi connectivity index (χ1) is 15.0. The SMILES string of the molecule is Cc1cc(-c2cn3nc(C(=O)N[C@H](C)C(C)C)c(C4CC4)c3c(=O)[nH]2)ccc1C(F)(F)F. The number of nitrogens with one attached hydrogen (secondary N) is 2. The van der Waals surface area contributed by atoms with Crippen molar-refractivity contribution in [2.75, 3.05) is 0 Å². The van der Waals surface area contributed by atoms with E-state index in [9.17, 15) is 22.8 Å². The summed E-state index contributed by atoms with van der Waals surface area (Å²) in [5.74, 6) is 0.00395. The molecular formula is C23H25F3N4O2. The molecule has 0 aliphatic heterocycles. The summed E-state index contributed by atoms with van der Waals surface area (Å²) < 4.78 is 40.6. The third-order valence-electron chi connectivity index (χ3n) is 6.06. The van der Waals surface area contributed by atoms with Crippen LogP contribution in [0.25, 0.3) is 16.8 Å². The van der Waals surface area contributed by atoms with Crippen molar-refractivity contribution in [2.24, 2.45) is 5.92 Å². The number of aromatic nitrogens is 3. The lowest BCUT2D eigenvalue weighted by atomic mass is 10.0. The Morgan fingerprint density at radius 2 is 1.94 bits per heavy atom. The molecule has 0 radical (unpaired) electrons. The van der Waals surface area contributed by atoms with E-state index in [4.69, 9.17) is 0 Å². The minimum absolute atomic E-state index is 0.0535. The fourth-order valence-corrected chi connectivity index (χ4v) is 3.77. The molecule has 1 aromatic carbocycles. The van der Waals surface area contributed by atoms with E-state index < -0.39 is 17.3 Å². The Balaban J connectivity index is 1.80. The molecule has 0 bridgehead atoms. The summed E-state index contributed by atoms with van der Waals surface area (Å²) in [7, 11) is 0. The molecule has 1 aliphatic rings. The molecule has 2 N–H and O–H groups in total. The minimum atomic E-state index is -4.45. The number of alkyl halides is 3. The van der Waals surface area contributed by atoms with Gasteiger partial charge in [0.1, 0.15) is 5.52 Å². The number of carbonyl (C=O) groups is 1. The van der Waals surface area contributed by atoms with Crippen LogP contribution in [0.2, 0.25) is 0 Å². The van der Waals surface area contributed by atoms with Gasteiger partial charge >= 0.3 is 6.18 Å². The average molecular weight is 446 g/mol. The second-order valence-electron chi connectivity index (χ2n) is 8.86. The number of H-pyrrole nitrogens is 1. The van der Waals surface area contributed by atoms with Crippen LogP contribution in [0.5, 0.6) is 0 Å². The van der Waals surface area contributed by atoms with Gasteiger partial charge in [0.25, 0.3) is 11.5 Å². The molecule has 6 nitrogen and oxygen atoms in total. The van der Waals surface area contributed by atoms with Crippen LogP contribution >= 0.6 is 0 Å². The second-order valence-corrected chi connectivity index (χ2v) is 8.86.